The highest BCUT2D eigenvalue weighted by molar-refractivity contribution is 5.71. The highest BCUT2D eigenvalue weighted by Crippen LogP contribution is 2.18. The molecule has 0 N–H and O–H groups in total. The number of hydrogen-bond acceptors (Lipinski definition) is 6. The molecule has 0 saturated carbocycles. The molecule has 0 saturated heterocycles. The van der Waals surface area contributed by atoms with Crippen LogP contribution in [0.4, 0.5) is 0 Å². The Hall–Kier alpha value is -2.63. The zero-order valence-corrected chi connectivity index (χ0v) is 48.2. The van der Waals surface area contributed by atoms with Crippen LogP contribution in [0.3, 0.4) is 0 Å². The van der Waals surface area contributed by atoms with Crippen molar-refractivity contribution < 1.29 is 28.6 Å². The van der Waals surface area contributed by atoms with Crippen LogP contribution in [0.5, 0.6) is 0 Å². The summed E-state index contributed by atoms with van der Waals surface area (Å²) in [4.78, 5) is 38.2. The number of allylic oxidation sites excluding steroid dienone is 8. The first-order chi connectivity index (χ1) is 35.5. The van der Waals surface area contributed by atoms with Gasteiger partial charge in [-0.25, -0.2) is 0 Å². The summed E-state index contributed by atoms with van der Waals surface area (Å²) in [5.41, 5.74) is 0. The fourth-order valence-electron chi connectivity index (χ4n) is 9.38. The van der Waals surface area contributed by atoms with Crippen LogP contribution in [-0.4, -0.2) is 37.2 Å². The van der Waals surface area contributed by atoms with Gasteiger partial charge in [-0.2, -0.15) is 0 Å². The normalized spacial score (nSPS) is 12.3. The number of esters is 3. The molecule has 0 aromatic carbocycles. The molecule has 6 heteroatoms. The Morgan fingerprint density at radius 3 is 0.847 bits per heavy atom. The van der Waals surface area contributed by atoms with Crippen molar-refractivity contribution in [2.75, 3.05) is 13.2 Å². The lowest BCUT2D eigenvalue weighted by molar-refractivity contribution is -0.167. The summed E-state index contributed by atoms with van der Waals surface area (Å²) in [5, 5.41) is 0. The summed E-state index contributed by atoms with van der Waals surface area (Å²) in [5.74, 6) is -0.848. The minimum Gasteiger partial charge on any atom is -0.462 e. The molecule has 0 spiro atoms. The number of carbonyl (C=O) groups is 3. The van der Waals surface area contributed by atoms with Crippen LogP contribution < -0.4 is 0 Å². The van der Waals surface area contributed by atoms with Crippen LogP contribution >= 0.6 is 0 Å². The lowest BCUT2D eigenvalue weighted by Gasteiger charge is -2.18. The first kappa shape index (κ1) is 69.4. The fourth-order valence-corrected chi connectivity index (χ4v) is 9.38. The minimum atomic E-state index is -0.769. The van der Waals surface area contributed by atoms with Crippen molar-refractivity contribution in [3.8, 4) is 0 Å². The van der Waals surface area contributed by atoms with Crippen molar-refractivity contribution in [3.05, 3.63) is 48.6 Å². The van der Waals surface area contributed by atoms with Gasteiger partial charge in [-0.3, -0.25) is 14.4 Å². The van der Waals surface area contributed by atoms with Gasteiger partial charge in [0.2, 0.25) is 0 Å². The predicted octanol–water partition coefficient (Wildman–Crippen LogP) is 21.4. The van der Waals surface area contributed by atoms with Crippen LogP contribution in [0.25, 0.3) is 0 Å². The van der Waals surface area contributed by atoms with Crippen molar-refractivity contribution in [1.82, 2.24) is 0 Å². The summed E-state index contributed by atoms with van der Waals surface area (Å²) in [6, 6.07) is 0. The first-order valence-electron chi connectivity index (χ1n) is 31.6. The maximum atomic E-state index is 12.9. The summed E-state index contributed by atoms with van der Waals surface area (Å²) in [6.07, 6.45) is 75.5. The molecule has 0 amide bonds. The quantitative estimate of drug-likeness (QED) is 0.0261. The Kier molecular flexibility index (Phi) is 58.7. The molecule has 0 bridgehead atoms. The molecular weight excluding hydrogens is 889 g/mol. The molecule has 0 aliphatic rings. The molecule has 0 aliphatic carbocycles. The molecule has 0 aromatic rings. The van der Waals surface area contributed by atoms with E-state index in [0.29, 0.717) is 19.3 Å². The second-order valence-corrected chi connectivity index (χ2v) is 21.3. The first-order valence-corrected chi connectivity index (χ1v) is 31.6. The van der Waals surface area contributed by atoms with E-state index in [1.54, 1.807) is 0 Å². The van der Waals surface area contributed by atoms with Gasteiger partial charge in [0.1, 0.15) is 13.2 Å². The van der Waals surface area contributed by atoms with E-state index in [0.717, 1.165) is 83.5 Å². The van der Waals surface area contributed by atoms with E-state index in [-0.39, 0.29) is 31.1 Å². The van der Waals surface area contributed by atoms with Gasteiger partial charge >= 0.3 is 17.9 Å². The van der Waals surface area contributed by atoms with E-state index < -0.39 is 6.10 Å². The molecule has 420 valence electrons. The Morgan fingerprint density at radius 1 is 0.292 bits per heavy atom. The number of rotatable bonds is 58. The molecule has 1 atom stereocenters. The topological polar surface area (TPSA) is 78.9 Å². The van der Waals surface area contributed by atoms with Gasteiger partial charge in [-0.1, -0.05) is 307 Å². The van der Waals surface area contributed by atoms with E-state index in [1.165, 1.54) is 212 Å². The number of hydrogen-bond donors (Lipinski definition) is 0. The second kappa shape index (κ2) is 60.9. The molecule has 0 aliphatic heterocycles. The molecule has 0 fully saturated rings. The molecular formula is C66H120O6. The molecule has 0 heterocycles. The third-order valence-electron chi connectivity index (χ3n) is 14.1. The van der Waals surface area contributed by atoms with Crippen LogP contribution in [0, 0.1) is 0 Å². The molecule has 0 rings (SSSR count). The molecule has 6 nitrogen and oxygen atoms in total. The van der Waals surface area contributed by atoms with Gasteiger partial charge in [-0.05, 0) is 57.8 Å². The van der Waals surface area contributed by atoms with Crippen molar-refractivity contribution in [1.29, 1.82) is 0 Å². The van der Waals surface area contributed by atoms with Gasteiger partial charge in [0.05, 0.1) is 0 Å². The summed E-state index contributed by atoms with van der Waals surface area (Å²) < 4.78 is 16.9. The minimum absolute atomic E-state index is 0.0678. The van der Waals surface area contributed by atoms with Gasteiger partial charge < -0.3 is 14.2 Å². The van der Waals surface area contributed by atoms with E-state index in [1.807, 2.05) is 0 Å². The molecule has 0 radical (unpaired) electrons. The smallest absolute Gasteiger partial charge is 0.306 e. The Bertz CT molecular complexity index is 1250. The van der Waals surface area contributed by atoms with Crippen LogP contribution in [0.1, 0.15) is 335 Å². The average Bonchev–Trinajstić information content (AvgIpc) is 3.38. The van der Waals surface area contributed by atoms with Crippen LogP contribution in [0.15, 0.2) is 48.6 Å². The van der Waals surface area contributed by atoms with Gasteiger partial charge in [0.15, 0.2) is 6.10 Å². The predicted molar refractivity (Wildman–Crippen MR) is 312 cm³/mol. The monoisotopic (exact) mass is 1010 g/mol. The molecule has 0 aromatic heterocycles. The average molecular weight is 1010 g/mol. The number of ether oxygens (including phenoxy) is 3. The maximum absolute atomic E-state index is 12.9. The van der Waals surface area contributed by atoms with Gasteiger partial charge in [0, 0.05) is 19.3 Å². The Labute approximate surface area is 448 Å². The lowest BCUT2D eigenvalue weighted by atomic mass is 10.0. The highest BCUT2D eigenvalue weighted by atomic mass is 16.6. The summed E-state index contributed by atoms with van der Waals surface area (Å²) in [6.45, 7) is 6.57. The number of carbonyl (C=O) groups excluding carboxylic acids is 3. The maximum Gasteiger partial charge on any atom is 0.306 e. The van der Waals surface area contributed by atoms with E-state index >= 15 is 0 Å². The van der Waals surface area contributed by atoms with Gasteiger partial charge in [0.25, 0.3) is 0 Å². The highest BCUT2D eigenvalue weighted by Gasteiger charge is 2.19. The van der Waals surface area contributed by atoms with Crippen molar-refractivity contribution >= 4 is 17.9 Å². The third kappa shape index (κ3) is 58.3. The number of unbranched alkanes of at least 4 members (excludes halogenated alkanes) is 39. The van der Waals surface area contributed by atoms with E-state index in [9.17, 15) is 14.4 Å². The zero-order valence-electron chi connectivity index (χ0n) is 48.2. The fraction of sp³-hybridized carbons (Fsp3) is 0.833. The Balaban J connectivity index is 4.22. The van der Waals surface area contributed by atoms with E-state index in [2.05, 4.69) is 69.4 Å². The Morgan fingerprint density at radius 2 is 0.542 bits per heavy atom. The zero-order chi connectivity index (χ0) is 52.2. The lowest BCUT2D eigenvalue weighted by Crippen LogP contribution is -2.30. The van der Waals surface area contributed by atoms with Crippen molar-refractivity contribution in [2.45, 2.75) is 341 Å². The molecule has 72 heavy (non-hydrogen) atoms. The summed E-state index contributed by atoms with van der Waals surface area (Å²) >= 11 is 0. The molecule has 1 unspecified atom stereocenters. The SMILES string of the molecule is CC/C=C\C/C=C\C/C=C\C/C=C\CCCCCCCCCCCCCCC(=O)OCC(COC(=O)CCCCCCCCCCCCC)OC(=O)CCCCCCCCCCCCCCCCCCCC. The third-order valence-corrected chi connectivity index (χ3v) is 14.1. The van der Waals surface area contributed by atoms with Crippen LogP contribution in [0.2, 0.25) is 0 Å². The standard InChI is InChI=1S/C66H120O6/c1-4-7-10-13-16-19-22-24-26-28-30-31-32-33-34-35-36-38-39-41-44-47-50-53-56-59-65(68)71-62-63(61-70-64(67)58-55-52-49-46-43-21-18-15-12-9-6-3)72-66(69)60-57-54-51-48-45-42-40-37-29-27-25-23-20-17-14-11-8-5-2/h7,10,16,19,24,26,30-31,63H,4-6,8-9,11-15,17-18,20-23,25,27-29,32-62H2,1-3H3/b10-7-,19-16-,26-24-,31-30-. The largest absolute Gasteiger partial charge is 0.462 e. The van der Waals surface area contributed by atoms with E-state index in [4.69, 9.17) is 14.2 Å². The van der Waals surface area contributed by atoms with Crippen LogP contribution in [-0.2, 0) is 28.6 Å². The van der Waals surface area contributed by atoms with Crippen molar-refractivity contribution in [2.24, 2.45) is 0 Å². The summed E-state index contributed by atoms with van der Waals surface area (Å²) in [7, 11) is 0. The second-order valence-electron chi connectivity index (χ2n) is 21.3. The van der Waals surface area contributed by atoms with Crippen molar-refractivity contribution in [3.63, 3.8) is 0 Å². The van der Waals surface area contributed by atoms with Gasteiger partial charge in [-0.15, -0.1) is 0 Å².